The second kappa shape index (κ2) is 7.74. The number of nitrogens with one attached hydrogen (secondary N) is 2. The maximum Gasteiger partial charge on any atom is 0.251 e. The highest BCUT2D eigenvalue weighted by Crippen LogP contribution is 2.32. The van der Waals surface area contributed by atoms with Crippen molar-refractivity contribution >= 4 is 11.7 Å². The fourth-order valence-electron chi connectivity index (χ4n) is 2.70. The van der Waals surface area contributed by atoms with Crippen molar-refractivity contribution in [1.29, 1.82) is 0 Å². The van der Waals surface area contributed by atoms with E-state index in [1.807, 2.05) is 30.3 Å². The molecule has 3 heterocycles. The van der Waals surface area contributed by atoms with Crippen molar-refractivity contribution in [3.05, 3.63) is 77.7 Å². The van der Waals surface area contributed by atoms with E-state index in [4.69, 9.17) is 9.47 Å². The predicted molar refractivity (Wildman–Crippen MR) is 99.5 cm³/mol. The Kier molecular flexibility index (Phi) is 4.82. The summed E-state index contributed by atoms with van der Waals surface area (Å²) in [6.07, 6.45) is 5.04. The van der Waals surface area contributed by atoms with E-state index in [2.05, 4.69) is 20.6 Å². The molecule has 0 unspecified atom stereocenters. The average molecular weight is 362 g/mol. The van der Waals surface area contributed by atoms with Gasteiger partial charge in [0.05, 0.1) is 0 Å². The fourth-order valence-corrected chi connectivity index (χ4v) is 2.70. The number of amides is 1. The highest BCUT2D eigenvalue weighted by Gasteiger charge is 2.13. The average Bonchev–Trinajstić information content (AvgIpc) is 3.19. The third-order valence-corrected chi connectivity index (χ3v) is 4.11. The summed E-state index contributed by atoms with van der Waals surface area (Å²) in [4.78, 5) is 20.7. The van der Waals surface area contributed by atoms with Gasteiger partial charge in [-0.2, -0.15) is 0 Å². The van der Waals surface area contributed by atoms with Crippen molar-refractivity contribution in [2.45, 2.75) is 13.1 Å². The Labute approximate surface area is 156 Å². The fraction of sp³-hybridized carbons (Fsp3) is 0.150. The van der Waals surface area contributed by atoms with Crippen LogP contribution in [0.4, 0.5) is 5.82 Å². The highest BCUT2D eigenvalue weighted by molar-refractivity contribution is 5.94. The highest BCUT2D eigenvalue weighted by atomic mass is 16.7. The van der Waals surface area contributed by atoms with Crippen molar-refractivity contribution in [2.24, 2.45) is 0 Å². The minimum absolute atomic E-state index is 0.160. The first-order valence-corrected chi connectivity index (χ1v) is 8.53. The van der Waals surface area contributed by atoms with E-state index in [1.165, 1.54) is 0 Å². The monoisotopic (exact) mass is 362 g/mol. The van der Waals surface area contributed by atoms with Crippen molar-refractivity contribution in [3.63, 3.8) is 0 Å². The number of ether oxygens (including phenoxy) is 2. The lowest BCUT2D eigenvalue weighted by molar-refractivity contribution is 0.0951. The van der Waals surface area contributed by atoms with Crippen LogP contribution in [0.25, 0.3) is 0 Å². The molecule has 0 bridgehead atoms. The summed E-state index contributed by atoms with van der Waals surface area (Å²) in [6, 6.07) is 12.9. The normalized spacial score (nSPS) is 11.9. The summed E-state index contributed by atoms with van der Waals surface area (Å²) >= 11 is 0. The quantitative estimate of drug-likeness (QED) is 0.701. The first-order valence-electron chi connectivity index (χ1n) is 8.53. The van der Waals surface area contributed by atoms with Crippen LogP contribution in [0.5, 0.6) is 11.5 Å². The molecular weight excluding hydrogens is 344 g/mol. The Balaban J connectivity index is 1.36. The van der Waals surface area contributed by atoms with E-state index in [0.717, 1.165) is 22.6 Å². The minimum atomic E-state index is -0.160. The molecule has 1 amide bonds. The van der Waals surface area contributed by atoms with Crippen LogP contribution in [0.2, 0.25) is 0 Å². The Hall–Kier alpha value is -3.61. The van der Waals surface area contributed by atoms with Crippen LogP contribution in [0.3, 0.4) is 0 Å². The molecule has 0 fully saturated rings. The molecule has 136 valence electrons. The topological polar surface area (TPSA) is 85.4 Å². The molecule has 2 N–H and O–H groups in total. The molecule has 0 aliphatic carbocycles. The summed E-state index contributed by atoms with van der Waals surface area (Å²) in [5.41, 5.74) is 2.52. The number of hydrogen-bond acceptors (Lipinski definition) is 6. The third kappa shape index (κ3) is 4.14. The Morgan fingerprint density at radius 3 is 2.81 bits per heavy atom. The Morgan fingerprint density at radius 1 is 1.00 bits per heavy atom. The number of carbonyl (C=O) groups excluding carboxylic acids is 1. The summed E-state index contributed by atoms with van der Waals surface area (Å²) in [5.74, 6) is 1.96. The number of aromatic nitrogens is 2. The van der Waals surface area contributed by atoms with Crippen LogP contribution in [0, 0.1) is 0 Å². The van der Waals surface area contributed by atoms with Crippen molar-refractivity contribution in [3.8, 4) is 11.5 Å². The number of hydrogen-bond donors (Lipinski definition) is 2. The van der Waals surface area contributed by atoms with E-state index in [1.54, 1.807) is 30.7 Å². The van der Waals surface area contributed by atoms with Gasteiger partial charge in [-0.25, -0.2) is 4.98 Å². The first kappa shape index (κ1) is 16.8. The van der Waals surface area contributed by atoms with Crippen molar-refractivity contribution in [2.75, 3.05) is 12.1 Å². The van der Waals surface area contributed by atoms with Gasteiger partial charge in [0.1, 0.15) is 5.82 Å². The molecule has 3 aromatic rings. The number of rotatable bonds is 6. The van der Waals surface area contributed by atoms with Gasteiger partial charge in [0.2, 0.25) is 6.79 Å². The van der Waals surface area contributed by atoms with E-state index in [0.29, 0.717) is 24.5 Å². The molecule has 0 atom stereocenters. The maximum atomic E-state index is 12.4. The lowest BCUT2D eigenvalue weighted by Gasteiger charge is -2.09. The van der Waals surface area contributed by atoms with Crippen LogP contribution in [0.15, 0.2) is 61.1 Å². The van der Waals surface area contributed by atoms with Gasteiger partial charge in [0.15, 0.2) is 11.5 Å². The lowest BCUT2D eigenvalue weighted by atomic mass is 10.2. The predicted octanol–water partition coefficient (Wildman–Crippen LogP) is 2.75. The van der Waals surface area contributed by atoms with Crippen LogP contribution in [0.1, 0.15) is 21.5 Å². The third-order valence-electron chi connectivity index (χ3n) is 4.11. The molecule has 4 rings (SSSR count). The number of carbonyl (C=O) groups is 1. The van der Waals surface area contributed by atoms with Crippen molar-refractivity contribution < 1.29 is 14.3 Å². The van der Waals surface area contributed by atoms with Gasteiger partial charge < -0.3 is 20.1 Å². The lowest BCUT2D eigenvalue weighted by Crippen LogP contribution is -2.23. The molecule has 0 spiro atoms. The van der Waals surface area contributed by atoms with Crippen LogP contribution in [-0.4, -0.2) is 22.7 Å². The molecule has 1 aliphatic rings. The van der Waals surface area contributed by atoms with Gasteiger partial charge in [-0.1, -0.05) is 12.1 Å². The van der Waals surface area contributed by atoms with Crippen LogP contribution >= 0.6 is 0 Å². The number of benzene rings is 1. The number of pyridine rings is 2. The molecular formula is C20H18N4O3. The molecule has 0 radical (unpaired) electrons. The van der Waals surface area contributed by atoms with Gasteiger partial charge in [0, 0.05) is 37.2 Å². The molecule has 27 heavy (non-hydrogen) atoms. The van der Waals surface area contributed by atoms with Gasteiger partial charge in [-0.3, -0.25) is 9.78 Å². The molecule has 1 aliphatic heterocycles. The Bertz CT molecular complexity index is 947. The summed E-state index contributed by atoms with van der Waals surface area (Å²) < 4.78 is 10.7. The zero-order chi connectivity index (χ0) is 18.5. The molecule has 0 saturated heterocycles. The van der Waals surface area contributed by atoms with E-state index in [-0.39, 0.29) is 12.7 Å². The molecule has 0 saturated carbocycles. The smallest absolute Gasteiger partial charge is 0.251 e. The SMILES string of the molecule is O=C(NCc1cccnc1)c1ccnc(NCc2ccc3c(c2)OCO3)c1. The second-order valence-corrected chi connectivity index (χ2v) is 6.01. The second-order valence-electron chi connectivity index (χ2n) is 6.01. The summed E-state index contributed by atoms with van der Waals surface area (Å²) in [5, 5.41) is 6.10. The zero-order valence-corrected chi connectivity index (χ0v) is 14.5. The Morgan fingerprint density at radius 2 is 1.93 bits per heavy atom. The molecule has 2 aromatic heterocycles. The van der Waals surface area contributed by atoms with E-state index < -0.39 is 0 Å². The molecule has 1 aromatic carbocycles. The van der Waals surface area contributed by atoms with E-state index >= 15 is 0 Å². The summed E-state index contributed by atoms with van der Waals surface area (Å²) in [6.45, 7) is 1.24. The summed E-state index contributed by atoms with van der Waals surface area (Å²) in [7, 11) is 0. The largest absolute Gasteiger partial charge is 0.454 e. The van der Waals surface area contributed by atoms with Gasteiger partial charge in [0.25, 0.3) is 5.91 Å². The van der Waals surface area contributed by atoms with Gasteiger partial charge in [-0.05, 0) is 41.5 Å². The molecule has 7 heteroatoms. The molecule has 7 nitrogen and oxygen atoms in total. The number of nitrogens with zero attached hydrogens (tertiary/aromatic N) is 2. The minimum Gasteiger partial charge on any atom is -0.454 e. The van der Waals surface area contributed by atoms with Crippen LogP contribution < -0.4 is 20.1 Å². The number of fused-ring (bicyclic) bond motifs is 1. The van der Waals surface area contributed by atoms with Gasteiger partial charge in [-0.15, -0.1) is 0 Å². The van der Waals surface area contributed by atoms with Gasteiger partial charge >= 0.3 is 0 Å². The number of anilines is 1. The van der Waals surface area contributed by atoms with Crippen molar-refractivity contribution in [1.82, 2.24) is 15.3 Å². The van der Waals surface area contributed by atoms with E-state index in [9.17, 15) is 4.79 Å². The van der Waals surface area contributed by atoms with Crippen LogP contribution in [-0.2, 0) is 13.1 Å². The maximum absolute atomic E-state index is 12.4. The first-order chi connectivity index (χ1) is 13.3. The standard InChI is InChI=1S/C20H18N4O3/c25-20(24-12-15-2-1-6-21-10-15)16-5-7-22-19(9-16)23-11-14-3-4-17-18(8-14)27-13-26-17/h1-10H,11-13H2,(H,22,23)(H,24,25). The zero-order valence-electron chi connectivity index (χ0n) is 14.5.